The number of nitrogens with zero attached hydrogens (tertiary/aromatic N) is 1. The molecular formula is C12H21N3S. The molecule has 0 bridgehead atoms. The fourth-order valence-corrected chi connectivity index (χ4v) is 2.88. The summed E-state index contributed by atoms with van der Waals surface area (Å²) >= 11 is 1.73. The van der Waals surface area contributed by atoms with Crippen molar-refractivity contribution in [1.82, 2.24) is 10.2 Å². The van der Waals surface area contributed by atoms with Crippen molar-refractivity contribution in [3.8, 4) is 0 Å². The van der Waals surface area contributed by atoms with Crippen molar-refractivity contribution in [2.75, 3.05) is 31.9 Å². The monoisotopic (exact) mass is 239 g/mol. The molecule has 3 N–H and O–H groups in total. The van der Waals surface area contributed by atoms with Crippen LogP contribution in [0.2, 0.25) is 0 Å². The highest BCUT2D eigenvalue weighted by Gasteiger charge is 2.08. The van der Waals surface area contributed by atoms with E-state index >= 15 is 0 Å². The van der Waals surface area contributed by atoms with Crippen molar-refractivity contribution in [2.45, 2.75) is 25.8 Å². The van der Waals surface area contributed by atoms with Crippen molar-refractivity contribution >= 4 is 17.0 Å². The lowest BCUT2D eigenvalue weighted by Gasteiger charge is -2.26. The highest BCUT2D eigenvalue weighted by atomic mass is 32.1. The Morgan fingerprint density at radius 1 is 1.31 bits per heavy atom. The van der Waals surface area contributed by atoms with E-state index in [1.807, 2.05) is 6.07 Å². The molecule has 3 nitrogen and oxygen atoms in total. The van der Waals surface area contributed by atoms with Crippen LogP contribution in [0.15, 0.2) is 11.4 Å². The van der Waals surface area contributed by atoms with Gasteiger partial charge in [0.05, 0.1) is 0 Å². The summed E-state index contributed by atoms with van der Waals surface area (Å²) in [6.07, 6.45) is 4.16. The fraction of sp³-hybridized carbons (Fsp3) is 0.667. The maximum Gasteiger partial charge on any atom is 0.0468 e. The summed E-state index contributed by atoms with van der Waals surface area (Å²) in [5.41, 5.74) is 6.75. The molecule has 0 aliphatic carbocycles. The molecule has 0 unspecified atom stereocenters. The van der Waals surface area contributed by atoms with Crippen LogP contribution >= 0.6 is 11.3 Å². The van der Waals surface area contributed by atoms with E-state index in [1.54, 1.807) is 11.3 Å². The molecule has 2 heterocycles. The van der Waals surface area contributed by atoms with E-state index in [1.165, 1.54) is 43.8 Å². The van der Waals surface area contributed by atoms with E-state index in [0.29, 0.717) is 0 Å². The third kappa shape index (κ3) is 3.47. The lowest BCUT2D eigenvalue weighted by Crippen LogP contribution is -2.35. The molecule has 2 rings (SSSR count). The number of thiophene rings is 1. The van der Waals surface area contributed by atoms with E-state index in [-0.39, 0.29) is 0 Å². The van der Waals surface area contributed by atoms with Crippen LogP contribution in [0.25, 0.3) is 0 Å². The molecule has 1 aliphatic rings. The standard InChI is InChI=1S/C12H21N3S/c13-11-4-9-16-12(11)10-14-5-8-15-6-2-1-3-7-15/h4,9,14H,1-3,5-8,10,13H2. The first kappa shape index (κ1) is 11.9. The van der Waals surface area contributed by atoms with E-state index in [2.05, 4.69) is 15.6 Å². The highest BCUT2D eigenvalue weighted by molar-refractivity contribution is 7.10. The zero-order valence-electron chi connectivity index (χ0n) is 9.74. The van der Waals surface area contributed by atoms with Crippen molar-refractivity contribution in [2.24, 2.45) is 0 Å². The Hall–Kier alpha value is -0.580. The number of hydrogen-bond donors (Lipinski definition) is 2. The Labute approximate surface area is 102 Å². The topological polar surface area (TPSA) is 41.3 Å². The van der Waals surface area contributed by atoms with E-state index in [0.717, 1.165) is 18.8 Å². The number of likely N-dealkylation sites (tertiary alicyclic amines) is 1. The average Bonchev–Trinajstić information content (AvgIpc) is 2.72. The van der Waals surface area contributed by atoms with Crippen molar-refractivity contribution in [3.63, 3.8) is 0 Å². The number of anilines is 1. The van der Waals surface area contributed by atoms with Crippen LogP contribution in [-0.4, -0.2) is 31.1 Å². The molecule has 4 heteroatoms. The molecule has 0 amide bonds. The summed E-state index contributed by atoms with van der Waals surface area (Å²) in [7, 11) is 0. The van der Waals surface area contributed by atoms with Crippen LogP contribution in [0.1, 0.15) is 24.1 Å². The summed E-state index contributed by atoms with van der Waals surface area (Å²) in [6.45, 7) is 5.71. The fourth-order valence-electron chi connectivity index (χ4n) is 2.12. The van der Waals surface area contributed by atoms with Gasteiger partial charge in [-0.3, -0.25) is 0 Å². The molecule has 90 valence electrons. The molecule has 16 heavy (non-hydrogen) atoms. The van der Waals surface area contributed by atoms with Gasteiger partial charge >= 0.3 is 0 Å². The summed E-state index contributed by atoms with van der Waals surface area (Å²) in [4.78, 5) is 3.81. The molecular weight excluding hydrogens is 218 g/mol. The van der Waals surface area contributed by atoms with Gasteiger partial charge in [-0.25, -0.2) is 0 Å². The van der Waals surface area contributed by atoms with Gasteiger partial charge in [0.15, 0.2) is 0 Å². The first-order valence-electron chi connectivity index (χ1n) is 6.11. The molecule has 1 aromatic heterocycles. The van der Waals surface area contributed by atoms with Crippen LogP contribution < -0.4 is 11.1 Å². The van der Waals surface area contributed by atoms with E-state index < -0.39 is 0 Å². The smallest absolute Gasteiger partial charge is 0.0468 e. The molecule has 0 aromatic carbocycles. The van der Waals surface area contributed by atoms with Gasteiger partial charge in [-0.05, 0) is 37.4 Å². The molecule has 1 aliphatic heterocycles. The van der Waals surface area contributed by atoms with Crippen LogP contribution in [0.5, 0.6) is 0 Å². The Morgan fingerprint density at radius 3 is 2.81 bits per heavy atom. The van der Waals surface area contributed by atoms with Crippen LogP contribution in [0, 0.1) is 0 Å². The maximum absolute atomic E-state index is 5.83. The first-order valence-corrected chi connectivity index (χ1v) is 6.99. The van der Waals surface area contributed by atoms with Gasteiger partial charge < -0.3 is 16.0 Å². The lowest BCUT2D eigenvalue weighted by atomic mass is 10.1. The van der Waals surface area contributed by atoms with Crippen molar-refractivity contribution in [3.05, 3.63) is 16.3 Å². The Bertz CT molecular complexity index is 305. The number of nitrogen functional groups attached to an aromatic ring is 1. The number of hydrogen-bond acceptors (Lipinski definition) is 4. The SMILES string of the molecule is Nc1ccsc1CNCCN1CCCCC1. The molecule has 0 spiro atoms. The average molecular weight is 239 g/mol. The zero-order chi connectivity index (χ0) is 11.2. The summed E-state index contributed by atoms with van der Waals surface area (Å²) in [5, 5.41) is 5.52. The molecule has 1 saturated heterocycles. The third-order valence-corrected chi connectivity index (χ3v) is 4.06. The maximum atomic E-state index is 5.83. The largest absolute Gasteiger partial charge is 0.398 e. The minimum Gasteiger partial charge on any atom is -0.398 e. The predicted molar refractivity (Wildman–Crippen MR) is 70.7 cm³/mol. The lowest BCUT2D eigenvalue weighted by molar-refractivity contribution is 0.229. The van der Waals surface area contributed by atoms with Gasteiger partial charge in [-0.15, -0.1) is 11.3 Å². The molecule has 1 aromatic rings. The number of rotatable bonds is 5. The first-order chi connectivity index (χ1) is 7.86. The molecule has 1 fully saturated rings. The summed E-state index contributed by atoms with van der Waals surface area (Å²) in [5.74, 6) is 0. The Balaban J connectivity index is 1.59. The third-order valence-electron chi connectivity index (χ3n) is 3.12. The van der Waals surface area contributed by atoms with Crippen LogP contribution in [0.3, 0.4) is 0 Å². The van der Waals surface area contributed by atoms with Gasteiger partial charge in [-0.2, -0.15) is 0 Å². The quantitative estimate of drug-likeness (QED) is 0.771. The van der Waals surface area contributed by atoms with Crippen LogP contribution in [0.4, 0.5) is 5.69 Å². The zero-order valence-corrected chi connectivity index (χ0v) is 10.6. The Kier molecular flexibility index (Phi) is 4.63. The van der Waals surface area contributed by atoms with Gasteiger partial charge in [0.1, 0.15) is 0 Å². The Morgan fingerprint density at radius 2 is 2.12 bits per heavy atom. The van der Waals surface area contributed by atoms with Gasteiger partial charge in [0.2, 0.25) is 0 Å². The van der Waals surface area contributed by atoms with Crippen LogP contribution in [-0.2, 0) is 6.54 Å². The van der Waals surface area contributed by atoms with Crippen molar-refractivity contribution < 1.29 is 0 Å². The predicted octanol–water partition coefficient (Wildman–Crippen LogP) is 1.91. The van der Waals surface area contributed by atoms with E-state index in [4.69, 9.17) is 5.73 Å². The molecule has 0 saturated carbocycles. The van der Waals surface area contributed by atoms with Gasteiger partial charge in [-0.1, -0.05) is 6.42 Å². The second-order valence-corrected chi connectivity index (χ2v) is 5.38. The second kappa shape index (κ2) is 6.23. The van der Waals surface area contributed by atoms with Gasteiger partial charge in [0.25, 0.3) is 0 Å². The highest BCUT2D eigenvalue weighted by Crippen LogP contribution is 2.17. The minimum absolute atomic E-state index is 0.914. The number of piperidine rings is 1. The molecule has 0 radical (unpaired) electrons. The van der Waals surface area contributed by atoms with E-state index in [9.17, 15) is 0 Å². The molecule has 0 atom stereocenters. The number of nitrogens with two attached hydrogens (primary N) is 1. The second-order valence-electron chi connectivity index (χ2n) is 4.38. The van der Waals surface area contributed by atoms with Gasteiger partial charge in [0, 0.05) is 30.2 Å². The summed E-state index contributed by atoms with van der Waals surface area (Å²) in [6, 6.07) is 1.98. The number of nitrogens with one attached hydrogen (secondary N) is 1. The van der Waals surface area contributed by atoms with Crippen molar-refractivity contribution in [1.29, 1.82) is 0 Å². The summed E-state index contributed by atoms with van der Waals surface area (Å²) < 4.78 is 0. The normalized spacial score (nSPS) is 17.8. The minimum atomic E-state index is 0.914.